The SMILES string of the molecule is Cl.O=C(NCc1ccc2c(c1)CNC2)C1CC1c1cccc(Cl)c1Cl. The van der Waals surface area contributed by atoms with Gasteiger partial charge in [-0.25, -0.2) is 0 Å². The maximum Gasteiger partial charge on any atom is 0.224 e. The molecule has 3 nitrogen and oxygen atoms in total. The molecule has 2 aromatic rings. The largest absolute Gasteiger partial charge is 0.352 e. The van der Waals surface area contributed by atoms with Crippen LogP contribution in [0.25, 0.3) is 0 Å². The van der Waals surface area contributed by atoms with Crippen LogP contribution < -0.4 is 10.6 Å². The Hall–Kier alpha value is -1.26. The summed E-state index contributed by atoms with van der Waals surface area (Å²) in [6.45, 7) is 2.42. The van der Waals surface area contributed by atoms with Crippen LogP contribution in [0.15, 0.2) is 36.4 Å². The molecule has 1 aliphatic heterocycles. The van der Waals surface area contributed by atoms with Gasteiger partial charge in [-0.15, -0.1) is 12.4 Å². The quantitative estimate of drug-likeness (QED) is 0.801. The van der Waals surface area contributed by atoms with E-state index in [4.69, 9.17) is 23.2 Å². The average Bonchev–Trinajstić information content (AvgIpc) is 3.24. The summed E-state index contributed by atoms with van der Waals surface area (Å²) in [7, 11) is 0. The van der Waals surface area contributed by atoms with Crippen molar-refractivity contribution in [3.63, 3.8) is 0 Å². The molecule has 1 amide bonds. The minimum atomic E-state index is -0.00272. The van der Waals surface area contributed by atoms with Crippen molar-refractivity contribution in [2.75, 3.05) is 0 Å². The molecule has 2 atom stereocenters. The highest BCUT2D eigenvalue weighted by Gasteiger charge is 2.44. The molecule has 0 spiro atoms. The first kappa shape index (κ1) is 18.5. The third-order valence-corrected chi connectivity index (χ3v) is 5.71. The molecular formula is C19H19Cl3N2O. The Bertz CT molecular complexity index is 809. The van der Waals surface area contributed by atoms with Gasteiger partial charge in [-0.2, -0.15) is 0 Å². The first-order chi connectivity index (χ1) is 11.6. The molecule has 0 bridgehead atoms. The predicted molar refractivity (Wildman–Crippen MR) is 103 cm³/mol. The van der Waals surface area contributed by atoms with Gasteiger partial charge in [0.1, 0.15) is 0 Å². The zero-order chi connectivity index (χ0) is 16.7. The van der Waals surface area contributed by atoms with E-state index in [2.05, 4.69) is 28.8 Å². The molecule has 2 unspecified atom stereocenters. The number of fused-ring (bicyclic) bond motifs is 1. The van der Waals surface area contributed by atoms with E-state index in [1.807, 2.05) is 12.1 Å². The second kappa shape index (κ2) is 7.55. The Balaban J connectivity index is 0.00000182. The number of halogens is 3. The Morgan fingerprint density at radius 3 is 2.80 bits per heavy atom. The third-order valence-electron chi connectivity index (χ3n) is 4.88. The van der Waals surface area contributed by atoms with E-state index in [0.29, 0.717) is 16.6 Å². The van der Waals surface area contributed by atoms with Gasteiger partial charge in [0, 0.05) is 25.6 Å². The molecule has 132 valence electrons. The highest BCUT2D eigenvalue weighted by molar-refractivity contribution is 6.42. The van der Waals surface area contributed by atoms with Crippen LogP contribution in [0, 0.1) is 5.92 Å². The Morgan fingerprint density at radius 1 is 1.16 bits per heavy atom. The van der Waals surface area contributed by atoms with Gasteiger partial charge >= 0.3 is 0 Å². The molecule has 2 N–H and O–H groups in total. The van der Waals surface area contributed by atoms with E-state index >= 15 is 0 Å². The number of carbonyl (C=O) groups is 1. The van der Waals surface area contributed by atoms with Gasteiger partial charge in [0.2, 0.25) is 5.91 Å². The Morgan fingerprint density at radius 2 is 1.96 bits per heavy atom. The fourth-order valence-electron chi connectivity index (χ4n) is 3.41. The molecule has 25 heavy (non-hydrogen) atoms. The summed E-state index contributed by atoms with van der Waals surface area (Å²) in [4.78, 5) is 12.4. The van der Waals surface area contributed by atoms with Crippen molar-refractivity contribution in [3.05, 3.63) is 68.7 Å². The second-order valence-electron chi connectivity index (χ2n) is 6.52. The fourth-order valence-corrected chi connectivity index (χ4v) is 3.86. The van der Waals surface area contributed by atoms with Gasteiger partial charge in [-0.1, -0.05) is 53.5 Å². The van der Waals surface area contributed by atoms with Crippen LogP contribution in [0.3, 0.4) is 0 Å². The summed E-state index contributed by atoms with van der Waals surface area (Å²) >= 11 is 12.3. The van der Waals surface area contributed by atoms with Crippen LogP contribution >= 0.6 is 35.6 Å². The molecule has 1 heterocycles. The highest BCUT2D eigenvalue weighted by atomic mass is 35.5. The Labute approximate surface area is 163 Å². The molecule has 2 aliphatic rings. The molecule has 6 heteroatoms. The molecule has 1 saturated carbocycles. The number of amides is 1. The monoisotopic (exact) mass is 396 g/mol. The normalized spacial score (nSPS) is 20.6. The first-order valence-corrected chi connectivity index (χ1v) is 8.92. The fraction of sp³-hybridized carbons (Fsp3) is 0.316. The van der Waals surface area contributed by atoms with Crippen LogP contribution in [-0.2, 0) is 24.4 Å². The third kappa shape index (κ3) is 3.80. The van der Waals surface area contributed by atoms with Gasteiger partial charge < -0.3 is 10.6 Å². The van der Waals surface area contributed by atoms with Gasteiger partial charge in [0.15, 0.2) is 0 Å². The molecule has 1 aliphatic carbocycles. The van der Waals surface area contributed by atoms with E-state index in [1.54, 1.807) is 6.07 Å². The van der Waals surface area contributed by atoms with Crippen LogP contribution in [0.5, 0.6) is 0 Å². The lowest BCUT2D eigenvalue weighted by Gasteiger charge is -2.08. The molecule has 0 radical (unpaired) electrons. The second-order valence-corrected chi connectivity index (χ2v) is 7.30. The van der Waals surface area contributed by atoms with E-state index in [9.17, 15) is 4.79 Å². The van der Waals surface area contributed by atoms with Crippen molar-refractivity contribution < 1.29 is 4.79 Å². The summed E-state index contributed by atoms with van der Waals surface area (Å²) in [6.07, 6.45) is 0.833. The van der Waals surface area contributed by atoms with Gasteiger partial charge in [0.25, 0.3) is 0 Å². The number of hydrogen-bond donors (Lipinski definition) is 2. The molecular weight excluding hydrogens is 379 g/mol. The van der Waals surface area contributed by atoms with Crippen LogP contribution in [0.1, 0.15) is 34.6 Å². The lowest BCUT2D eigenvalue weighted by atomic mass is 10.1. The summed E-state index contributed by atoms with van der Waals surface area (Å²) in [5.74, 6) is 0.271. The van der Waals surface area contributed by atoms with E-state index in [-0.39, 0.29) is 30.2 Å². The molecule has 2 aromatic carbocycles. The summed E-state index contributed by atoms with van der Waals surface area (Å²) in [5, 5.41) is 7.50. The van der Waals surface area contributed by atoms with Crippen molar-refractivity contribution in [1.29, 1.82) is 0 Å². The summed E-state index contributed by atoms with van der Waals surface area (Å²) < 4.78 is 0. The summed E-state index contributed by atoms with van der Waals surface area (Å²) in [6, 6.07) is 12.0. The van der Waals surface area contributed by atoms with Crippen LogP contribution in [0.2, 0.25) is 10.0 Å². The smallest absolute Gasteiger partial charge is 0.224 e. The first-order valence-electron chi connectivity index (χ1n) is 8.16. The van der Waals surface area contributed by atoms with Crippen molar-refractivity contribution >= 4 is 41.5 Å². The summed E-state index contributed by atoms with van der Waals surface area (Å²) in [5.41, 5.74) is 4.80. The van der Waals surface area contributed by atoms with Crippen LogP contribution in [0.4, 0.5) is 0 Å². The molecule has 0 saturated heterocycles. The number of hydrogen-bond acceptors (Lipinski definition) is 2. The Kier molecular flexibility index (Phi) is 5.59. The molecule has 4 rings (SSSR count). The van der Waals surface area contributed by atoms with Gasteiger partial charge in [-0.3, -0.25) is 4.79 Å². The number of rotatable bonds is 4. The number of nitrogens with one attached hydrogen (secondary N) is 2. The lowest BCUT2D eigenvalue weighted by Crippen LogP contribution is -2.25. The molecule has 1 fully saturated rings. The van der Waals surface area contributed by atoms with E-state index < -0.39 is 0 Å². The topological polar surface area (TPSA) is 41.1 Å². The van der Waals surface area contributed by atoms with Crippen molar-refractivity contribution in [2.45, 2.75) is 32.0 Å². The maximum absolute atomic E-state index is 12.4. The maximum atomic E-state index is 12.4. The van der Waals surface area contributed by atoms with E-state index in [0.717, 1.165) is 30.6 Å². The van der Waals surface area contributed by atoms with E-state index in [1.165, 1.54) is 11.1 Å². The minimum Gasteiger partial charge on any atom is -0.352 e. The van der Waals surface area contributed by atoms with Crippen molar-refractivity contribution in [1.82, 2.24) is 10.6 Å². The molecule has 0 aromatic heterocycles. The zero-order valence-corrected chi connectivity index (χ0v) is 15.8. The van der Waals surface area contributed by atoms with Crippen molar-refractivity contribution in [2.24, 2.45) is 5.92 Å². The zero-order valence-electron chi connectivity index (χ0n) is 13.5. The predicted octanol–water partition coefficient (Wildman–Crippen LogP) is 4.44. The standard InChI is InChI=1S/C19H18Cl2N2O.ClH/c20-17-3-1-2-14(18(17)21)15-7-16(15)19(24)23-8-11-4-5-12-9-22-10-13(12)6-11;/h1-6,15-16,22H,7-10H2,(H,23,24);1H. The average molecular weight is 398 g/mol. The van der Waals surface area contributed by atoms with Gasteiger partial charge in [-0.05, 0) is 40.7 Å². The number of carbonyl (C=O) groups excluding carboxylic acids is 1. The highest BCUT2D eigenvalue weighted by Crippen LogP contribution is 2.50. The van der Waals surface area contributed by atoms with Gasteiger partial charge in [0.05, 0.1) is 10.0 Å². The van der Waals surface area contributed by atoms with Crippen LogP contribution in [-0.4, -0.2) is 5.91 Å². The van der Waals surface area contributed by atoms with Crippen molar-refractivity contribution in [3.8, 4) is 0 Å². The number of benzene rings is 2. The lowest BCUT2D eigenvalue weighted by molar-refractivity contribution is -0.122. The minimum absolute atomic E-state index is 0.